The van der Waals surface area contributed by atoms with Crippen LogP contribution >= 0.6 is 0 Å². The lowest BCUT2D eigenvalue weighted by atomic mass is 9.95. The van der Waals surface area contributed by atoms with Crippen LogP contribution in [0.1, 0.15) is 36.3 Å². The van der Waals surface area contributed by atoms with Gasteiger partial charge in [-0.3, -0.25) is 0 Å². The Balaban J connectivity index is 2.39. The third kappa shape index (κ3) is 0.966. The molecule has 0 aliphatic heterocycles. The van der Waals surface area contributed by atoms with Crippen LogP contribution in [0.25, 0.3) is 0 Å². The average molecular weight is 166 g/mol. The Morgan fingerprint density at radius 1 is 1.67 bits per heavy atom. The summed E-state index contributed by atoms with van der Waals surface area (Å²) < 4.78 is 5.18. The number of hydrogen-bond donors (Lipinski definition) is 1. The fourth-order valence-corrected chi connectivity index (χ4v) is 2.04. The van der Waals surface area contributed by atoms with Crippen molar-refractivity contribution < 1.29 is 4.52 Å². The molecule has 66 valence electrons. The number of aromatic nitrogens is 1. The molecule has 0 fully saturated rings. The Bertz CT molecular complexity index is 291. The largest absolute Gasteiger partial charge is 0.361 e. The number of nitrogens with two attached hydrogens (primary N) is 1. The van der Waals surface area contributed by atoms with Crippen molar-refractivity contribution in [3.8, 4) is 0 Å². The molecule has 2 unspecified atom stereocenters. The zero-order valence-electron chi connectivity index (χ0n) is 7.50. The standard InChI is InChI=1S/C9H14N2O/c1-5(10)7-3-4-8-9(7)6(2)11-12-8/h5,7H,3-4,10H2,1-2H3. The summed E-state index contributed by atoms with van der Waals surface area (Å²) in [4.78, 5) is 0. The lowest BCUT2D eigenvalue weighted by molar-refractivity contribution is 0.380. The van der Waals surface area contributed by atoms with Gasteiger partial charge in [0.15, 0.2) is 0 Å². The van der Waals surface area contributed by atoms with E-state index in [0.29, 0.717) is 5.92 Å². The van der Waals surface area contributed by atoms with Crippen LogP contribution in [-0.2, 0) is 6.42 Å². The van der Waals surface area contributed by atoms with Crippen molar-refractivity contribution in [2.75, 3.05) is 0 Å². The molecular formula is C9H14N2O. The molecule has 0 radical (unpaired) electrons. The highest BCUT2D eigenvalue weighted by atomic mass is 16.5. The predicted molar refractivity (Wildman–Crippen MR) is 46.0 cm³/mol. The topological polar surface area (TPSA) is 52.0 Å². The minimum atomic E-state index is 0.212. The van der Waals surface area contributed by atoms with Gasteiger partial charge in [-0.15, -0.1) is 0 Å². The monoisotopic (exact) mass is 166 g/mol. The van der Waals surface area contributed by atoms with E-state index in [0.717, 1.165) is 24.3 Å². The van der Waals surface area contributed by atoms with E-state index in [1.54, 1.807) is 0 Å². The molecule has 1 aliphatic carbocycles. The van der Waals surface area contributed by atoms with E-state index in [1.807, 2.05) is 13.8 Å². The van der Waals surface area contributed by atoms with Gasteiger partial charge in [-0.05, 0) is 20.3 Å². The second-order valence-electron chi connectivity index (χ2n) is 3.61. The molecule has 0 saturated carbocycles. The molecule has 1 aliphatic rings. The maximum atomic E-state index is 5.87. The number of rotatable bonds is 1. The zero-order chi connectivity index (χ0) is 8.72. The highest BCUT2D eigenvalue weighted by Gasteiger charge is 2.30. The van der Waals surface area contributed by atoms with Crippen LogP contribution in [0.2, 0.25) is 0 Å². The van der Waals surface area contributed by atoms with Crippen molar-refractivity contribution in [2.24, 2.45) is 5.73 Å². The Morgan fingerprint density at radius 3 is 3.08 bits per heavy atom. The molecule has 1 heterocycles. The van der Waals surface area contributed by atoms with Gasteiger partial charge >= 0.3 is 0 Å². The van der Waals surface area contributed by atoms with E-state index in [-0.39, 0.29) is 6.04 Å². The first kappa shape index (κ1) is 7.80. The van der Waals surface area contributed by atoms with Crippen LogP contribution in [0.5, 0.6) is 0 Å². The van der Waals surface area contributed by atoms with Crippen LogP contribution in [0.4, 0.5) is 0 Å². The molecule has 0 spiro atoms. The molecule has 0 aromatic carbocycles. The van der Waals surface area contributed by atoms with Crippen LogP contribution in [0, 0.1) is 6.92 Å². The Labute approximate surface area is 71.9 Å². The van der Waals surface area contributed by atoms with Gasteiger partial charge in [-0.2, -0.15) is 0 Å². The molecule has 1 aromatic heterocycles. The molecule has 3 heteroatoms. The average Bonchev–Trinajstić information content (AvgIpc) is 2.53. The zero-order valence-corrected chi connectivity index (χ0v) is 7.50. The smallest absolute Gasteiger partial charge is 0.140 e. The van der Waals surface area contributed by atoms with Crippen LogP contribution < -0.4 is 5.73 Å². The molecule has 0 saturated heterocycles. The highest BCUT2D eigenvalue weighted by molar-refractivity contribution is 5.32. The lowest BCUT2D eigenvalue weighted by Gasteiger charge is -2.13. The van der Waals surface area contributed by atoms with E-state index in [9.17, 15) is 0 Å². The Kier molecular flexibility index (Phi) is 1.68. The number of aryl methyl sites for hydroxylation is 2. The summed E-state index contributed by atoms with van der Waals surface area (Å²) in [6, 6.07) is 0.212. The van der Waals surface area contributed by atoms with Crippen molar-refractivity contribution in [1.82, 2.24) is 5.16 Å². The second kappa shape index (κ2) is 2.59. The quantitative estimate of drug-likeness (QED) is 0.685. The van der Waals surface area contributed by atoms with Gasteiger partial charge < -0.3 is 10.3 Å². The van der Waals surface area contributed by atoms with E-state index in [2.05, 4.69) is 5.16 Å². The first-order chi connectivity index (χ1) is 5.70. The molecular weight excluding hydrogens is 152 g/mol. The minimum Gasteiger partial charge on any atom is -0.361 e. The minimum absolute atomic E-state index is 0.212. The number of fused-ring (bicyclic) bond motifs is 1. The first-order valence-corrected chi connectivity index (χ1v) is 4.40. The van der Waals surface area contributed by atoms with E-state index < -0.39 is 0 Å². The van der Waals surface area contributed by atoms with Gasteiger partial charge in [0.1, 0.15) is 5.76 Å². The maximum absolute atomic E-state index is 5.87. The molecule has 0 amide bonds. The van der Waals surface area contributed by atoms with E-state index >= 15 is 0 Å². The van der Waals surface area contributed by atoms with Gasteiger partial charge in [0.2, 0.25) is 0 Å². The normalized spacial score (nSPS) is 24.1. The van der Waals surface area contributed by atoms with Crippen LogP contribution in [0.15, 0.2) is 4.52 Å². The third-order valence-electron chi connectivity index (χ3n) is 2.67. The Morgan fingerprint density at radius 2 is 2.42 bits per heavy atom. The van der Waals surface area contributed by atoms with Crippen molar-refractivity contribution in [3.05, 3.63) is 17.0 Å². The lowest BCUT2D eigenvalue weighted by Crippen LogP contribution is -2.23. The van der Waals surface area contributed by atoms with Gasteiger partial charge in [0.05, 0.1) is 5.69 Å². The number of hydrogen-bond acceptors (Lipinski definition) is 3. The molecule has 0 bridgehead atoms. The molecule has 12 heavy (non-hydrogen) atoms. The summed E-state index contributed by atoms with van der Waals surface area (Å²) in [6.45, 7) is 4.04. The summed E-state index contributed by atoms with van der Waals surface area (Å²) in [7, 11) is 0. The fourth-order valence-electron chi connectivity index (χ4n) is 2.04. The molecule has 1 aromatic rings. The van der Waals surface area contributed by atoms with Crippen LogP contribution in [-0.4, -0.2) is 11.2 Å². The highest BCUT2D eigenvalue weighted by Crippen LogP contribution is 2.36. The van der Waals surface area contributed by atoms with Crippen molar-refractivity contribution in [2.45, 2.75) is 38.6 Å². The third-order valence-corrected chi connectivity index (χ3v) is 2.67. The summed E-state index contributed by atoms with van der Waals surface area (Å²) in [6.07, 6.45) is 2.12. The van der Waals surface area contributed by atoms with E-state index in [4.69, 9.17) is 10.3 Å². The van der Waals surface area contributed by atoms with E-state index in [1.165, 1.54) is 5.56 Å². The van der Waals surface area contributed by atoms with Crippen molar-refractivity contribution in [3.63, 3.8) is 0 Å². The maximum Gasteiger partial charge on any atom is 0.140 e. The molecule has 3 nitrogen and oxygen atoms in total. The molecule has 2 N–H and O–H groups in total. The fraction of sp³-hybridized carbons (Fsp3) is 0.667. The summed E-state index contributed by atoms with van der Waals surface area (Å²) in [5.74, 6) is 1.51. The van der Waals surface area contributed by atoms with Crippen LogP contribution in [0.3, 0.4) is 0 Å². The summed E-state index contributed by atoms with van der Waals surface area (Å²) in [5, 5.41) is 3.94. The van der Waals surface area contributed by atoms with Crippen molar-refractivity contribution >= 4 is 0 Å². The second-order valence-corrected chi connectivity index (χ2v) is 3.61. The Hall–Kier alpha value is -0.830. The van der Waals surface area contributed by atoms with Gasteiger partial charge in [-0.25, -0.2) is 0 Å². The SMILES string of the molecule is Cc1noc2c1C(C(C)N)CC2. The number of nitrogens with zero attached hydrogens (tertiary/aromatic N) is 1. The summed E-state index contributed by atoms with van der Waals surface area (Å²) >= 11 is 0. The molecule has 2 atom stereocenters. The summed E-state index contributed by atoms with van der Waals surface area (Å²) in [5.41, 5.74) is 8.16. The van der Waals surface area contributed by atoms with Gasteiger partial charge in [-0.1, -0.05) is 5.16 Å². The predicted octanol–water partition coefficient (Wildman–Crippen LogP) is 1.36. The van der Waals surface area contributed by atoms with Crippen molar-refractivity contribution in [1.29, 1.82) is 0 Å². The van der Waals surface area contributed by atoms with Gasteiger partial charge in [0, 0.05) is 23.9 Å². The molecule has 2 rings (SSSR count). The first-order valence-electron chi connectivity index (χ1n) is 4.40. The van der Waals surface area contributed by atoms with Gasteiger partial charge in [0.25, 0.3) is 0 Å².